The maximum absolute atomic E-state index is 12.7. The van der Waals surface area contributed by atoms with Crippen molar-refractivity contribution < 1.29 is 14.6 Å². The van der Waals surface area contributed by atoms with Crippen molar-refractivity contribution in [2.75, 3.05) is 4.90 Å². The molecule has 114 valence electrons. The zero-order valence-electron chi connectivity index (χ0n) is 12.6. The summed E-state index contributed by atoms with van der Waals surface area (Å²) in [7, 11) is 0. The first kappa shape index (κ1) is 14.8. The predicted octanol–water partition coefficient (Wildman–Crippen LogP) is -0.0189. The van der Waals surface area contributed by atoms with E-state index in [2.05, 4.69) is 10.3 Å². The highest BCUT2D eigenvalue weighted by Crippen LogP contribution is 2.25. The molecule has 1 aliphatic heterocycles. The number of carbonyl (C=O) groups excluding carboxylic acids is 2. The van der Waals surface area contributed by atoms with E-state index in [-0.39, 0.29) is 16.9 Å². The molecule has 6 heteroatoms. The van der Waals surface area contributed by atoms with Gasteiger partial charge in [-0.1, -0.05) is 17.7 Å². The van der Waals surface area contributed by atoms with E-state index < -0.39 is 5.92 Å². The number of rotatable bonds is 3. The Balaban J connectivity index is 1.93. The fourth-order valence-electron chi connectivity index (χ4n) is 2.50. The van der Waals surface area contributed by atoms with E-state index in [4.69, 9.17) is 12.2 Å². The third-order valence-corrected chi connectivity index (χ3v) is 4.16. The molecule has 1 atom stereocenters. The van der Waals surface area contributed by atoms with Crippen LogP contribution in [0.15, 0.2) is 18.2 Å². The van der Waals surface area contributed by atoms with Gasteiger partial charge < -0.3 is 5.32 Å². The van der Waals surface area contributed by atoms with Gasteiger partial charge in [-0.05, 0) is 37.7 Å². The first-order valence-corrected chi connectivity index (χ1v) is 7.73. The molecule has 1 aromatic carbocycles. The number of carbonyl (C=O) groups is 2. The maximum atomic E-state index is 12.7. The number of hydrogen-bond acceptors (Lipinski definition) is 3. The molecular weight excluding hydrogens is 298 g/mol. The van der Waals surface area contributed by atoms with Crippen LogP contribution >= 0.6 is 12.2 Å². The predicted molar refractivity (Wildman–Crippen MR) is 87.7 cm³/mol. The van der Waals surface area contributed by atoms with E-state index in [1.807, 2.05) is 32.0 Å². The lowest BCUT2D eigenvalue weighted by molar-refractivity contribution is -0.469. The van der Waals surface area contributed by atoms with Crippen LogP contribution in [0.4, 0.5) is 5.69 Å². The number of aryl methyl sites for hydroxylation is 2. The topological polar surface area (TPSA) is 63.4 Å². The normalized spacial score (nSPS) is 22.4. The Hall–Kier alpha value is -2.08. The third-order valence-electron chi connectivity index (χ3n) is 3.87. The zero-order chi connectivity index (χ0) is 15.9. The summed E-state index contributed by atoms with van der Waals surface area (Å²) in [5.41, 5.74) is 2.77. The minimum absolute atomic E-state index is 0.137. The van der Waals surface area contributed by atoms with Crippen LogP contribution in [0.5, 0.6) is 0 Å². The number of amides is 2. The van der Waals surface area contributed by atoms with Crippen LogP contribution in [0.1, 0.15) is 24.0 Å². The molecule has 5 nitrogen and oxygen atoms in total. The molecule has 22 heavy (non-hydrogen) atoms. The van der Waals surface area contributed by atoms with Crippen molar-refractivity contribution >= 4 is 41.0 Å². The highest BCUT2D eigenvalue weighted by Gasteiger charge is 2.41. The largest absolute Gasteiger partial charge is 0.301 e. The van der Waals surface area contributed by atoms with Crippen LogP contribution < -0.4 is 15.2 Å². The Morgan fingerprint density at radius 1 is 1.32 bits per heavy atom. The highest BCUT2D eigenvalue weighted by molar-refractivity contribution is 7.80. The summed E-state index contributed by atoms with van der Waals surface area (Å²) in [4.78, 5) is 29.3. The summed E-state index contributed by atoms with van der Waals surface area (Å²) in [6, 6.07) is 6.17. The van der Waals surface area contributed by atoms with Crippen molar-refractivity contribution in [3.05, 3.63) is 29.3 Å². The summed E-state index contributed by atoms with van der Waals surface area (Å²) < 4.78 is 0. The van der Waals surface area contributed by atoms with E-state index in [0.29, 0.717) is 11.7 Å². The average molecular weight is 316 g/mol. The molecule has 0 unspecified atom stereocenters. The number of benzene rings is 1. The average Bonchev–Trinajstić information content (AvgIpc) is 3.24. The summed E-state index contributed by atoms with van der Waals surface area (Å²) in [5, 5.41) is 2.76. The van der Waals surface area contributed by atoms with Gasteiger partial charge in [0.15, 0.2) is 23.3 Å². The van der Waals surface area contributed by atoms with Gasteiger partial charge in [-0.15, -0.1) is 0 Å². The molecule has 1 saturated carbocycles. The SMILES string of the molecule is Cc1ccc(N2C(=O)[C@H](C=[NH+]C3CC3)C(=O)NC2=S)c(C)c1. The molecule has 0 spiro atoms. The van der Waals surface area contributed by atoms with Crippen LogP contribution in [0.3, 0.4) is 0 Å². The minimum Gasteiger partial charge on any atom is -0.301 e. The molecule has 2 N–H and O–H groups in total. The molecule has 0 aromatic heterocycles. The van der Waals surface area contributed by atoms with Gasteiger partial charge in [0, 0.05) is 12.8 Å². The van der Waals surface area contributed by atoms with E-state index in [0.717, 1.165) is 24.0 Å². The summed E-state index contributed by atoms with van der Waals surface area (Å²) in [6.45, 7) is 3.92. The first-order chi connectivity index (χ1) is 10.5. The van der Waals surface area contributed by atoms with Crippen molar-refractivity contribution in [2.24, 2.45) is 5.92 Å². The fraction of sp³-hybridized carbons (Fsp3) is 0.375. The standard InChI is InChI=1S/C16H17N3O2S/c1-9-3-6-13(10(2)7-9)19-15(21)12(8-17-11-4-5-11)14(20)18-16(19)22/h3,6-8,11-12H,4-5H2,1-2H3,(H,18,20,22)/p+1/t12-/m1/s1. The van der Waals surface area contributed by atoms with E-state index in [9.17, 15) is 9.59 Å². The monoisotopic (exact) mass is 316 g/mol. The van der Waals surface area contributed by atoms with E-state index in [1.54, 1.807) is 6.21 Å². The van der Waals surface area contributed by atoms with Gasteiger partial charge in [-0.3, -0.25) is 14.5 Å². The lowest BCUT2D eigenvalue weighted by Gasteiger charge is -2.31. The summed E-state index contributed by atoms with van der Waals surface area (Å²) >= 11 is 5.20. The lowest BCUT2D eigenvalue weighted by atomic mass is 10.0. The van der Waals surface area contributed by atoms with E-state index in [1.165, 1.54) is 4.90 Å². The molecule has 2 fully saturated rings. The van der Waals surface area contributed by atoms with Gasteiger partial charge >= 0.3 is 0 Å². The summed E-state index contributed by atoms with van der Waals surface area (Å²) in [6.07, 6.45) is 3.75. The molecule has 0 bridgehead atoms. The smallest absolute Gasteiger partial charge is 0.256 e. The van der Waals surface area contributed by atoms with Gasteiger partial charge in [0.2, 0.25) is 5.91 Å². The quantitative estimate of drug-likeness (QED) is 0.468. The molecule has 3 rings (SSSR count). The second kappa shape index (κ2) is 5.61. The molecule has 1 aliphatic carbocycles. The molecule has 2 amide bonds. The Labute approximate surface area is 134 Å². The molecule has 1 saturated heterocycles. The molecule has 2 aliphatic rings. The van der Waals surface area contributed by atoms with Crippen molar-refractivity contribution in [2.45, 2.75) is 32.7 Å². The number of hydrogen-bond donors (Lipinski definition) is 2. The molecular formula is C16H18N3O2S+. The Morgan fingerprint density at radius 2 is 2.05 bits per heavy atom. The van der Waals surface area contributed by atoms with Crippen LogP contribution in [0, 0.1) is 19.8 Å². The Morgan fingerprint density at radius 3 is 2.68 bits per heavy atom. The van der Waals surface area contributed by atoms with Crippen LogP contribution in [0.25, 0.3) is 0 Å². The van der Waals surface area contributed by atoms with Crippen LogP contribution in [-0.4, -0.2) is 29.2 Å². The fourth-order valence-corrected chi connectivity index (χ4v) is 2.79. The molecule has 1 heterocycles. The van der Waals surface area contributed by atoms with Crippen molar-refractivity contribution in [3.63, 3.8) is 0 Å². The first-order valence-electron chi connectivity index (χ1n) is 7.33. The Kier molecular flexibility index (Phi) is 3.78. The third kappa shape index (κ3) is 2.78. The molecule has 1 aromatic rings. The second-order valence-corrected chi connectivity index (χ2v) is 6.23. The summed E-state index contributed by atoms with van der Waals surface area (Å²) in [5.74, 6) is -1.54. The zero-order valence-corrected chi connectivity index (χ0v) is 13.4. The second-order valence-electron chi connectivity index (χ2n) is 5.84. The Bertz CT molecular complexity index is 695. The van der Waals surface area contributed by atoms with Crippen LogP contribution in [-0.2, 0) is 9.59 Å². The van der Waals surface area contributed by atoms with Gasteiger partial charge in [0.25, 0.3) is 5.91 Å². The van der Waals surface area contributed by atoms with Crippen molar-refractivity contribution in [3.8, 4) is 0 Å². The highest BCUT2D eigenvalue weighted by atomic mass is 32.1. The number of thiocarbonyl (C=S) groups is 1. The van der Waals surface area contributed by atoms with Gasteiger partial charge in [0.05, 0.1) is 5.69 Å². The van der Waals surface area contributed by atoms with Gasteiger partial charge in [-0.2, -0.15) is 0 Å². The number of anilines is 1. The minimum atomic E-state index is -0.854. The van der Waals surface area contributed by atoms with Crippen molar-refractivity contribution in [1.29, 1.82) is 0 Å². The number of nitrogens with zero attached hydrogens (tertiary/aromatic N) is 1. The maximum Gasteiger partial charge on any atom is 0.256 e. The number of nitrogens with one attached hydrogen (secondary N) is 2. The van der Waals surface area contributed by atoms with Gasteiger partial charge in [0.1, 0.15) is 0 Å². The molecule has 0 radical (unpaired) electrons. The lowest BCUT2D eigenvalue weighted by Crippen LogP contribution is -2.74. The van der Waals surface area contributed by atoms with Gasteiger partial charge in [-0.25, -0.2) is 4.99 Å². The van der Waals surface area contributed by atoms with Crippen molar-refractivity contribution in [1.82, 2.24) is 5.32 Å². The van der Waals surface area contributed by atoms with Crippen LogP contribution in [0.2, 0.25) is 0 Å². The van der Waals surface area contributed by atoms with E-state index >= 15 is 0 Å².